The molecule has 2 heterocycles. The molecule has 0 aliphatic heterocycles. The van der Waals surface area contributed by atoms with Crippen molar-refractivity contribution in [2.24, 2.45) is 0 Å². The summed E-state index contributed by atoms with van der Waals surface area (Å²) >= 11 is 5.58. The lowest BCUT2D eigenvalue weighted by Crippen LogP contribution is -1.84. The molecule has 2 aromatic rings. The second-order valence-electron chi connectivity index (χ2n) is 2.32. The SMILES string of the molecule is Brc1cnc2ccnc(I)c2c1. The maximum Gasteiger partial charge on any atom is 0.110 e. The third-order valence-corrected chi connectivity index (χ3v) is 2.82. The lowest BCUT2D eigenvalue weighted by atomic mass is 10.3. The minimum absolute atomic E-state index is 0.984. The van der Waals surface area contributed by atoms with Gasteiger partial charge >= 0.3 is 0 Å². The van der Waals surface area contributed by atoms with Crippen LogP contribution in [-0.2, 0) is 0 Å². The van der Waals surface area contributed by atoms with Gasteiger partial charge in [-0.05, 0) is 50.7 Å². The maximum atomic E-state index is 4.25. The van der Waals surface area contributed by atoms with Gasteiger partial charge in [-0.2, -0.15) is 0 Å². The number of nitrogens with zero attached hydrogens (tertiary/aromatic N) is 2. The Hall–Kier alpha value is -0.230. The van der Waals surface area contributed by atoms with Gasteiger partial charge in [-0.1, -0.05) is 0 Å². The smallest absolute Gasteiger partial charge is 0.110 e. The van der Waals surface area contributed by atoms with Crippen LogP contribution in [-0.4, -0.2) is 9.97 Å². The molecule has 0 aliphatic carbocycles. The molecule has 0 N–H and O–H groups in total. The fraction of sp³-hybridized carbons (Fsp3) is 0. The van der Waals surface area contributed by atoms with Crippen LogP contribution in [0.3, 0.4) is 0 Å². The number of hydrogen-bond donors (Lipinski definition) is 0. The molecule has 0 saturated carbocycles. The molecule has 0 bridgehead atoms. The number of pyridine rings is 2. The Bertz CT molecular complexity index is 430. The van der Waals surface area contributed by atoms with Crippen molar-refractivity contribution in [1.82, 2.24) is 9.97 Å². The minimum Gasteiger partial charge on any atom is -0.255 e. The van der Waals surface area contributed by atoms with Gasteiger partial charge in [0.2, 0.25) is 0 Å². The van der Waals surface area contributed by atoms with E-state index in [1.54, 1.807) is 12.4 Å². The first kappa shape index (κ1) is 8.37. The number of rotatable bonds is 0. The van der Waals surface area contributed by atoms with E-state index in [1.807, 2.05) is 12.1 Å². The Morgan fingerprint density at radius 2 is 2.17 bits per heavy atom. The van der Waals surface area contributed by atoms with Gasteiger partial charge in [0.1, 0.15) is 3.70 Å². The average molecular weight is 335 g/mol. The summed E-state index contributed by atoms with van der Waals surface area (Å²) in [5.41, 5.74) is 0.984. The molecule has 0 amide bonds. The predicted molar refractivity (Wildman–Crippen MR) is 60.0 cm³/mol. The standard InChI is InChI=1S/C8H4BrIN2/c9-5-3-6-7(12-4-5)1-2-11-8(6)10/h1-4H. The maximum absolute atomic E-state index is 4.25. The van der Waals surface area contributed by atoms with E-state index in [0.717, 1.165) is 19.1 Å². The van der Waals surface area contributed by atoms with Crippen molar-refractivity contribution in [2.45, 2.75) is 0 Å². The Balaban J connectivity index is 2.88. The van der Waals surface area contributed by atoms with E-state index in [-0.39, 0.29) is 0 Å². The van der Waals surface area contributed by atoms with Crippen molar-refractivity contribution in [1.29, 1.82) is 0 Å². The lowest BCUT2D eigenvalue weighted by Gasteiger charge is -1.98. The lowest BCUT2D eigenvalue weighted by molar-refractivity contribution is 1.28. The van der Waals surface area contributed by atoms with E-state index in [4.69, 9.17) is 0 Å². The monoisotopic (exact) mass is 334 g/mol. The summed E-state index contributed by atoms with van der Waals surface area (Å²) in [5, 5.41) is 1.09. The molecular weight excluding hydrogens is 331 g/mol. The Morgan fingerprint density at radius 3 is 3.00 bits per heavy atom. The van der Waals surface area contributed by atoms with Gasteiger partial charge < -0.3 is 0 Å². The van der Waals surface area contributed by atoms with E-state index < -0.39 is 0 Å². The zero-order valence-electron chi connectivity index (χ0n) is 5.96. The van der Waals surface area contributed by atoms with Crippen molar-refractivity contribution in [3.05, 3.63) is 32.7 Å². The molecular formula is C8H4BrIN2. The number of hydrogen-bond acceptors (Lipinski definition) is 2. The van der Waals surface area contributed by atoms with Gasteiger partial charge in [0.05, 0.1) is 5.52 Å². The Labute approximate surface area is 91.7 Å². The summed E-state index contributed by atoms with van der Waals surface area (Å²) < 4.78 is 1.97. The predicted octanol–water partition coefficient (Wildman–Crippen LogP) is 3.00. The second kappa shape index (κ2) is 3.26. The van der Waals surface area contributed by atoms with E-state index in [2.05, 4.69) is 48.5 Å². The molecule has 0 aromatic carbocycles. The van der Waals surface area contributed by atoms with Crippen molar-refractivity contribution in [3.8, 4) is 0 Å². The van der Waals surface area contributed by atoms with E-state index in [1.165, 1.54) is 0 Å². The van der Waals surface area contributed by atoms with E-state index in [0.29, 0.717) is 0 Å². The first-order valence-electron chi connectivity index (χ1n) is 3.33. The molecule has 0 spiro atoms. The molecule has 12 heavy (non-hydrogen) atoms. The largest absolute Gasteiger partial charge is 0.255 e. The number of aromatic nitrogens is 2. The molecule has 60 valence electrons. The molecule has 0 radical (unpaired) electrons. The van der Waals surface area contributed by atoms with Crippen LogP contribution in [0.4, 0.5) is 0 Å². The van der Waals surface area contributed by atoms with Gasteiger partial charge in [-0.3, -0.25) is 4.98 Å². The summed E-state index contributed by atoms with van der Waals surface area (Å²) in [6.07, 6.45) is 3.56. The second-order valence-corrected chi connectivity index (χ2v) is 4.26. The van der Waals surface area contributed by atoms with Crippen LogP contribution >= 0.6 is 38.5 Å². The van der Waals surface area contributed by atoms with Crippen LogP contribution in [0.15, 0.2) is 29.0 Å². The highest BCUT2D eigenvalue weighted by molar-refractivity contribution is 14.1. The molecule has 0 fully saturated rings. The van der Waals surface area contributed by atoms with Crippen LogP contribution < -0.4 is 0 Å². The highest BCUT2D eigenvalue weighted by Gasteiger charge is 1.99. The Morgan fingerprint density at radius 1 is 1.33 bits per heavy atom. The first-order chi connectivity index (χ1) is 5.77. The topological polar surface area (TPSA) is 25.8 Å². The highest BCUT2D eigenvalue weighted by Crippen LogP contribution is 2.20. The van der Waals surface area contributed by atoms with Crippen LogP contribution in [0, 0.1) is 3.70 Å². The summed E-state index contributed by atoms with van der Waals surface area (Å²) in [4.78, 5) is 8.42. The summed E-state index contributed by atoms with van der Waals surface area (Å²) in [5.74, 6) is 0. The van der Waals surface area contributed by atoms with Gasteiger partial charge in [0, 0.05) is 22.3 Å². The number of fused-ring (bicyclic) bond motifs is 1. The zero-order valence-corrected chi connectivity index (χ0v) is 9.70. The van der Waals surface area contributed by atoms with Gasteiger partial charge in [0.25, 0.3) is 0 Å². The molecule has 0 saturated heterocycles. The molecule has 2 nitrogen and oxygen atoms in total. The third kappa shape index (κ3) is 1.45. The Kier molecular flexibility index (Phi) is 2.27. The highest BCUT2D eigenvalue weighted by atomic mass is 127. The fourth-order valence-corrected chi connectivity index (χ4v) is 1.91. The zero-order chi connectivity index (χ0) is 8.55. The molecule has 2 aromatic heterocycles. The molecule has 2 rings (SSSR count). The summed E-state index contributed by atoms with van der Waals surface area (Å²) in [6.45, 7) is 0. The molecule has 0 atom stereocenters. The molecule has 4 heteroatoms. The van der Waals surface area contributed by atoms with Gasteiger partial charge in [-0.25, -0.2) is 4.98 Å². The normalized spacial score (nSPS) is 10.5. The van der Waals surface area contributed by atoms with Crippen LogP contribution in [0.25, 0.3) is 10.9 Å². The van der Waals surface area contributed by atoms with Crippen molar-refractivity contribution in [3.63, 3.8) is 0 Å². The van der Waals surface area contributed by atoms with Crippen LogP contribution in [0.1, 0.15) is 0 Å². The third-order valence-electron chi connectivity index (χ3n) is 1.53. The number of halogens is 2. The van der Waals surface area contributed by atoms with Gasteiger partial charge in [0.15, 0.2) is 0 Å². The van der Waals surface area contributed by atoms with Crippen LogP contribution in [0.5, 0.6) is 0 Å². The van der Waals surface area contributed by atoms with Gasteiger partial charge in [-0.15, -0.1) is 0 Å². The van der Waals surface area contributed by atoms with E-state index >= 15 is 0 Å². The summed E-state index contributed by atoms with van der Waals surface area (Å²) in [7, 11) is 0. The first-order valence-corrected chi connectivity index (χ1v) is 5.20. The fourth-order valence-electron chi connectivity index (χ4n) is 0.991. The summed E-state index contributed by atoms with van der Waals surface area (Å²) in [6, 6.07) is 3.93. The molecule has 0 aliphatic rings. The minimum atomic E-state index is 0.984. The average Bonchev–Trinajstić information content (AvgIpc) is 2.07. The van der Waals surface area contributed by atoms with Crippen molar-refractivity contribution >= 4 is 49.4 Å². The van der Waals surface area contributed by atoms with Crippen molar-refractivity contribution in [2.75, 3.05) is 0 Å². The quantitative estimate of drug-likeness (QED) is 0.547. The van der Waals surface area contributed by atoms with Crippen molar-refractivity contribution < 1.29 is 0 Å². The van der Waals surface area contributed by atoms with E-state index in [9.17, 15) is 0 Å². The molecule has 0 unspecified atom stereocenters. The van der Waals surface area contributed by atoms with Crippen LogP contribution in [0.2, 0.25) is 0 Å².